The Morgan fingerprint density at radius 2 is 1.93 bits per heavy atom. The molecule has 1 N–H and O–H groups in total. The van der Waals surface area contributed by atoms with E-state index >= 15 is 0 Å². The molecule has 3 nitrogen and oxygen atoms in total. The Bertz CT molecular complexity index is 184. The maximum atomic E-state index is 10.6. The molecule has 0 saturated heterocycles. The van der Waals surface area contributed by atoms with Gasteiger partial charge >= 0.3 is 5.97 Å². The Labute approximate surface area is 87.1 Å². The first-order valence-electron chi connectivity index (χ1n) is 5.14. The van der Waals surface area contributed by atoms with E-state index in [2.05, 4.69) is 25.7 Å². The Morgan fingerprint density at radius 3 is 2.29 bits per heavy atom. The van der Waals surface area contributed by atoms with Crippen molar-refractivity contribution in [2.75, 3.05) is 20.1 Å². The van der Waals surface area contributed by atoms with E-state index in [4.69, 9.17) is 5.11 Å². The van der Waals surface area contributed by atoms with Gasteiger partial charge in [-0.1, -0.05) is 27.7 Å². The number of rotatable bonds is 5. The van der Waals surface area contributed by atoms with Gasteiger partial charge in [-0.05, 0) is 25.4 Å². The van der Waals surface area contributed by atoms with Gasteiger partial charge in [0.05, 0.1) is 5.92 Å². The Kier molecular flexibility index (Phi) is 5.13. The standard InChI is InChI=1S/C11H23NO2/c1-9(10(13)14)6-7-12(5)8-11(2,3)4/h9H,6-8H2,1-5H3,(H,13,14). The van der Waals surface area contributed by atoms with Crippen molar-refractivity contribution in [1.29, 1.82) is 0 Å². The molecule has 0 radical (unpaired) electrons. The molecule has 1 atom stereocenters. The monoisotopic (exact) mass is 201 g/mol. The number of hydrogen-bond acceptors (Lipinski definition) is 2. The third-order valence-electron chi connectivity index (χ3n) is 2.11. The van der Waals surface area contributed by atoms with Gasteiger partial charge in [0.25, 0.3) is 0 Å². The van der Waals surface area contributed by atoms with Gasteiger partial charge in [0.15, 0.2) is 0 Å². The van der Waals surface area contributed by atoms with Crippen molar-refractivity contribution in [3.05, 3.63) is 0 Å². The van der Waals surface area contributed by atoms with Crippen LogP contribution in [-0.2, 0) is 4.79 Å². The average molecular weight is 201 g/mol. The molecule has 0 fully saturated rings. The second-order valence-electron chi connectivity index (χ2n) is 5.33. The van der Waals surface area contributed by atoms with Crippen LogP contribution in [0.2, 0.25) is 0 Å². The second kappa shape index (κ2) is 5.35. The summed E-state index contributed by atoms with van der Waals surface area (Å²) in [5.74, 6) is -0.938. The SMILES string of the molecule is CC(CCN(C)CC(C)(C)C)C(=O)O. The van der Waals surface area contributed by atoms with E-state index in [1.165, 1.54) is 0 Å². The molecule has 0 rings (SSSR count). The summed E-state index contributed by atoms with van der Waals surface area (Å²) in [5, 5.41) is 8.71. The zero-order chi connectivity index (χ0) is 11.4. The first kappa shape index (κ1) is 13.4. The van der Waals surface area contributed by atoms with Crippen LogP contribution in [-0.4, -0.2) is 36.1 Å². The Balaban J connectivity index is 3.74. The number of hydrogen-bond donors (Lipinski definition) is 1. The molecule has 84 valence electrons. The fourth-order valence-electron chi connectivity index (χ4n) is 1.43. The molecule has 0 spiro atoms. The van der Waals surface area contributed by atoms with Crippen LogP contribution in [0.25, 0.3) is 0 Å². The molecule has 1 unspecified atom stereocenters. The third kappa shape index (κ3) is 6.89. The molecule has 0 saturated carbocycles. The maximum Gasteiger partial charge on any atom is 0.306 e. The maximum absolute atomic E-state index is 10.6. The van der Waals surface area contributed by atoms with Crippen molar-refractivity contribution in [3.8, 4) is 0 Å². The Morgan fingerprint density at radius 1 is 1.43 bits per heavy atom. The minimum Gasteiger partial charge on any atom is -0.481 e. The van der Waals surface area contributed by atoms with E-state index in [-0.39, 0.29) is 11.3 Å². The fourth-order valence-corrected chi connectivity index (χ4v) is 1.43. The van der Waals surface area contributed by atoms with Crippen molar-refractivity contribution in [1.82, 2.24) is 4.90 Å². The smallest absolute Gasteiger partial charge is 0.306 e. The van der Waals surface area contributed by atoms with Gasteiger partial charge in [-0.2, -0.15) is 0 Å². The van der Waals surface area contributed by atoms with Crippen molar-refractivity contribution in [3.63, 3.8) is 0 Å². The van der Waals surface area contributed by atoms with E-state index in [9.17, 15) is 4.79 Å². The van der Waals surface area contributed by atoms with Crippen molar-refractivity contribution < 1.29 is 9.90 Å². The van der Waals surface area contributed by atoms with E-state index in [1.807, 2.05) is 7.05 Å². The lowest BCUT2D eigenvalue weighted by molar-refractivity contribution is -0.141. The zero-order valence-electron chi connectivity index (χ0n) is 10.0. The predicted molar refractivity (Wildman–Crippen MR) is 58.4 cm³/mol. The molecule has 0 aliphatic rings. The number of carboxylic acids is 1. The van der Waals surface area contributed by atoms with Gasteiger partial charge < -0.3 is 10.0 Å². The molecular weight excluding hydrogens is 178 g/mol. The van der Waals surface area contributed by atoms with E-state index in [0.29, 0.717) is 0 Å². The molecule has 3 heteroatoms. The Hall–Kier alpha value is -0.570. The lowest BCUT2D eigenvalue weighted by atomic mass is 9.96. The highest BCUT2D eigenvalue weighted by Gasteiger charge is 2.15. The van der Waals surface area contributed by atoms with Gasteiger partial charge in [0.1, 0.15) is 0 Å². The van der Waals surface area contributed by atoms with Crippen LogP contribution in [0.15, 0.2) is 0 Å². The van der Waals surface area contributed by atoms with Gasteiger partial charge in [0.2, 0.25) is 0 Å². The van der Waals surface area contributed by atoms with E-state index in [0.717, 1.165) is 19.5 Å². The summed E-state index contributed by atoms with van der Waals surface area (Å²) in [4.78, 5) is 12.8. The number of nitrogens with zero attached hydrogens (tertiary/aromatic N) is 1. The van der Waals surface area contributed by atoms with Crippen molar-refractivity contribution in [2.24, 2.45) is 11.3 Å². The summed E-state index contributed by atoms with van der Waals surface area (Å²) in [7, 11) is 2.04. The minimum absolute atomic E-state index is 0.239. The second-order valence-corrected chi connectivity index (χ2v) is 5.33. The van der Waals surface area contributed by atoms with Crippen LogP contribution < -0.4 is 0 Å². The lowest BCUT2D eigenvalue weighted by Crippen LogP contribution is -2.31. The summed E-state index contributed by atoms with van der Waals surface area (Å²) in [6, 6.07) is 0. The summed E-state index contributed by atoms with van der Waals surface area (Å²) in [6.07, 6.45) is 0.724. The molecular formula is C11H23NO2. The van der Waals surface area contributed by atoms with Crippen molar-refractivity contribution >= 4 is 5.97 Å². The number of carbonyl (C=O) groups is 1. The normalized spacial score (nSPS) is 14.4. The van der Waals surface area contributed by atoms with Gasteiger partial charge in [-0.3, -0.25) is 4.79 Å². The number of carboxylic acid groups (broad SMARTS) is 1. The highest BCUT2D eigenvalue weighted by atomic mass is 16.4. The molecule has 0 heterocycles. The van der Waals surface area contributed by atoms with Crippen LogP contribution in [0, 0.1) is 11.3 Å². The van der Waals surface area contributed by atoms with Gasteiger partial charge in [-0.25, -0.2) is 0 Å². The van der Waals surface area contributed by atoms with Crippen LogP contribution >= 0.6 is 0 Å². The van der Waals surface area contributed by atoms with Gasteiger partial charge in [-0.15, -0.1) is 0 Å². The highest BCUT2D eigenvalue weighted by Crippen LogP contribution is 2.14. The summed E-state index contributed by atoms with van der Waals surface area (Å²) < 4.78 is 0. The van der Waals surface area contributed by atoms with Crippen LogP contribution in [0.4, 0.5) is 0 Å². The predicted octanol–water partition coefficient (Wildman–Crippen LogP) is 2.08. The number of aliphatic carboxylic acids is 1. The first-order valence-corrected chi connectivity index (χ1v) is 5.14. The van der Waals surface area contributed by atoms with E-state index < -0.39 is 5.97 Å². The quantitative estimate of drug-likeness (QED) is 0.740. The fraction of sp³-hybridized carbons (Fsp3) is 0.909. The summed E-state index contributed by atoms with van der Waals surface area (Å²) in [6.45, 7) is 10.2. The van der Waals surface area contributed by atoms with Crippen LogP contribution in [0.1, 0.15) is 34.1 Å². The van der Waals surface area contributed by atoms with Crippen molar-refractivity contribution in [2.45, 2.75) is 34.1 Å². The topological polar surface area (TPSA) is 40.5 Å². The molecule has 0 aromatic heterocycles. The average Bonchev–Trinajstić information content (AvgIpc) is 1.96. The zero-order valence-corrected chi connectivity index (χ0v) is 10.0. The summed E-state index contributed by atoms with van der Waals surface area (Å²) >= 11 is 0. The largest absolute Gasteiger partial charge is 0.481 e. The molecule has 0 aliphatic carbocycles. The highest BCUT2D eigenvalue weighted by molar-refractivity contribution is 5.69. The molecule has 14 heavy (non-hydrogen) atoms. The minimum atomic E-state index is -0.700. The van der Waals surface area contributed by atoms with Gasteiger partial charge in [0, 0.05) is 6.54 Å². The van der Waals surface area contributed by atoms with Crippen LogP contribution in [0.3, 0.4) is 0 Å². The molecule has 0 aliphatic heterocycles. The molecule has 0 aromatic rings. The first-order chi connectivity index (χ1) is 6.22. The summed E-state index contributed by atoms with van der Waals surface area (Å²) in [5.41, 5.74) is 0.279. The molecule has 0 aromatic carbocycles. The third-order valence-corrected chi connectivity index (χ3v) is 2.11. The van der Waals surface area contributed by atoms with E-state index in [1.54, 1.807) is 6.92 Å². The lowest BCUT2D eigenvalue weighted by Gasteiger charge is -2.26. The molecule has 0 bridgehead atoms. The van der Waals surface area contributed by atoms with Crippen LogP contribution in [0.5, 0.6) is 0 Å². The molecule has 0 amide bonds.